The van der Waals surface area contributed by atoms with E-state index in [2.05, 4.69) is 23.2 Å². The second-order valence-electron chi connectivity index (χ2n) is 6.04. The van der Waals surface area contributed by atoms with Crippen LogP contribution in [0.3, 0.4) is 0 Å². The van der Waals surface area contributed by atoms with Crippen molar-refractivity contribution < 1.29 is 5.11 Å². The number of aliphatic hydroxyl groups excluding tert-OH is 1. The molecule has 3 heteroatoms. The zero-order chi connectivity index (χ0) is 13.6. The zero-order valence-corrected chi connectivity index (χ0v) is 11.5. The Labute approximate surface area is 118 Å². The predicted molar refractivity (Wildman–Crippen MR) is 77.5 cm³/mol. The lowest BCUT2D eigenvalue weighted by Crippen LogP contribution is -2.16. The van der Waals surface area contributed by atoms with Gasteiger partial charge in [-0.15, -0.1) is 0 Å². The van der Waals surface area contributed by atoms with Crippen molar-refractivity contribution >= 4 is 0 Å². The van der Waals surface area contributed by atoms with E-state index < -0.39 is 0 Å². The molecule has 1 fully saturated rings. The highest BCUT2D eigenvalue weighted by molar-refractivity contribution is 5.61. The van der Waals surface area contributed by atoms with Crippen LogP contribution >= 0.6 is 0 Å². The first-order chi connectivity index (χ1) is 9.81. The molecule has 0 amide bonds. The minimum absolute atomic E-state index is 0.153. The van der Waals surface area contributed by atoms with Crippen LogP contribution in [0.5, 0.6) is 0 Å². The minimum atomic E-state index is -0.160. The molecule has 1 aromatic heterocycles. The zero-order valence-electron chi connectivity index (χ0n) is 11.5. The Hall–Kier alpha value is -1.74. The van der Waals surface area contributed by atoms with Crippen molar-refractivity contribution in [1.29, 1.82) is 0 Å². The van der Waals surface area contributed by atoms with Gasteiger partial charge in [-0.05, 0) is 55.4 Å². The summed E-state index contributed by atoms with van der Waals surface area (Å²) in [4.78, 5) is 9.07. The van der Waals surface area contributed by atoms with E-state index in [1.807, 2.05) is 12.3 Å². The fourth-order valence-corrected chi connectivity index (χ4v) is 3.11. The van der Waals surface area contributed by atoms with Gasteiger partial charge in [0, 0.05) is 11.8 Å². The molecular weight excluding hydrogens is 248 g/mol. The highest BCUT2D eigenvalue weighted by atomic mass is 16.3. The van der Waals surface area contributed by atoms with Crippen molar-refractivity contribution in [3.05, 3.63) is 47.4 Å². The Balaban J connectivity index is 1.74. The molecular formula is C17H18N2O. The van der Waals surface area contributed by atoms with Gasteiger partial charge in [-0.2, -0.15) is 0 Å². The SMILES string of the molecule is OCC1(c2nccc(-c3ccc4c(c3)CCC4)n2)CC1. The molecule has 1 saturated carbocycles. The summed E-state index contributed by atoms with van der Waals surface area (Å²) in [6.07, 6.45) is 7.47. The van der Waals surface area contributed by atoms with Gasteiger partial charge in [0.25, 0.3) is 0 Å². The third-order valence-corrected chi connectivity index (χ3v) is 4.68. The van der Waals surface area contributed by atoms with Gasteiger partial charge in [0.2, 0.25) is 0 Å². The van der Waals surface area contributed by atoms with Crippen LogP contribution in [0.25, 0.3) is 11.3 Å². The molecule has 2 aromatic rings. The van der Waals surface area contributed by atoms with Crippen molar-refractivity contribution in [2.24, 2.45) is 0 Å². The highest BCUT2D eigenvalue weighted by Crippen LogP contribution is 2.46. The molecule has 102 valence electrons. The second-order valence-corrected chi connectivity index (χ2v) is 6.04. The Morgan fingerprint density at radius 3 is 2.75 bits per heavy atom. The normalized spacial score (nSPS) is 18.9. The summed E-state index contributed by atoms with van der Waals surface area (Å²) in [5.41, 5.74) is 4.93. The number of hydrogen-bond acceptors (Lipinski definition) is 3. The van der Waals surface area contributed by atoms with Crippen LogP contribution < -0.4 is 0 Å². The van der Waals surface area contributed by atoms with E-state index in [1.54, 1.807) is 0 Å². The molecule has 2 aliphatic rings. The first-order valence-corrected chi connectivity index (χ1v) is 7.37. The number of aromatic nitrogens is 2. The van der Waals surface area contributed by atoms with Crippen molar-refractivity contribution in [2.45, 2.75) is 37.5 Å². The molecule has 0 spiro atoms. The molecule has 0 aliphatic heterocycles. The maximum Gasteiger partial charge on any atom is 0.137 e. The number of aliphatic hydroxyl groups is 1. The third-order valence-electron chi connectivity index (χ3n) is 4.68. The van der Waals surface area contributed by atoms with Gasteiger partial charge in [-0.25, -0.2) is 9.97 Å². The smallest absolute Gasteiger partial charge is 0.137 e. The molecule has 20 heavy (non-hydrogen) atoms. The van der Waals surface area contributed by atoms with Gasteiger partial charge in [0.15, 0.2) is 0 Å². The van der Waals surface area contributed by atoms with E-state index in [0.717, 1.165) is 24.4 Å². The summed E-state index contributed by atoms with van der Waals surface area (Å²) < 4.78 is 0. The number of benzene rings is 1. The summed E-state index contributed by atoms with van der Waals surface area (Å²) >= 11 is 0. The number of rotatable bonds is 3. The molecule has 1 aromatic carbocycles. The van der Waals surface area contributed by atoms with Crippen LogP contribution in [0.4, 0.5) is 0 Å². The van der Waals surface area contributed by atoms with E-state index in [4.69, 9.17) is 4.98 Å². The maximum atomic E-state index is 9.52. The average molecular weight is 266 g/mol. The molecule has 0 atom stereocenters. The van der Waals surface area contributed by atoms with Crippen molar-refractivity contribution in [3.8, 4) is 11.3 Å². The third kappa shape index (κ3) is 1.85. The lowest BCUT2D eigenvalue weighted by atomic mass is 10.0. The van der Waals surface area contributed by atoms with Crippen LogP contribution in [-0.4, -0.2) is 21.7 Å². The van der Waals surface area contributed by atoms with E-state index in [0.29, 0.717) is 0 Å². The van der Waals surface area contributed by atoms with Crippen LogP contribution in [-0.2, 0) is 18.3 Å². The molecule has 0 radical (unpaired) electrons. The van der Waals surface area contributed by atoms with Gasteiger partial charge in [0.1, 0.15) is 5.82 Å². The Morgan fingerprint density at radius 2 is 1.95 bits per heavy atom. The van der Waals surface area contributed by atoms with E-state index in [1.165, 1.54) is 36.0 Å². The minimum Gasteiger partial charge on any atom is -0.395 e. The number of aryl methyl sites for hydroxylation is 2. The quantitative estimate of drug-likeness (QED) is 0.929. The second kappa shape index (κ2) is 4.38. The summed E-state index contributed by atoms with van der Waals surface area (Å²) in [5, 5.41) is 9.52. The number of nitrogens with zero attached hydrogens (tertiary/aromatic N) is 2. The van der Waals surface area contributed by atoms with Crippen LogP contribution in [0.1, 0.15) is 36.2 Å². The average Bonchev–Trinajstić information content (AvgIpc) is 3.17. The molecule has 4 rings (SSSR count). The molecule has 0 saturated heterocycles. The van der Waals surface area contributed by atoms with Crippen molar-refractivity contribution in [3.63, 3.8) is 0 Å². The first kappa shape index (κ1) is 12.0. The van der Waals surface area contributed by atoms with E-state index >= 15 is 0 Å². The molecule has 0 unspecified atom stereocenters. The summed E-state index contributed by atoms with van der Waals surface area (Å²) in [6, 6.07) is 8.63. The largest absolute Gasteiger partial charge is 0.395 e. The van der Waals surface area contributed by atoms with E-state index in [9.17, 15) is 5.11 Å². The fraction of sp³-hybridized carbons (Fsp3) is 0.412. The molecule has 1 heterocycles. The summed E-state index contributed by atoms with van der Waals surface area (Å²) in [5.74, 6) is 0.804. The van der Waals surface area contributed by atoms with Crippen LogP contribution in [0.2, 0.25) is 0 Å². The van der Waals surface area contributed by atoms with Crippen molar-refractivity contribution in [1.82, 2.24) is 9.97 Å². The monoisotopic (exact) mass is 266 g/mol. The topological polar surface area (TPSA) is 46.0 Å². The summed E-state index contributed by atoms with van der Waals surface area (Å²) in [6.45, 7) is 0.153. The summed E-state index contributed by atoms with van der Waals surface area (Å²) in [7, 11) is 0. The fourth-order valence-electron chi connectivity index (χ4n) is 3.11. The van der Waals surface area contributed by atoms with E-state index in [-0.39, 0.29) is 12.0 Å². The van der Waals surface area contributed by atoms with Gasteiger partial charge in [0.05, 0.1) is 17.7 Å². The Kier molecular flexibility index (Phi) is 2.64. The van der Waals surface area contributed by atoms with Gasteiger partial charge in [-0.1, -0.05) is 12.1 Å². The molecule has 0 bridgehead atoms. The Bertz CT molecular complexity index is 662. The number of fused-ring (bicyclic) bond motifs is 1. The maximum absolute atomic E-state index is 9.52. The first-order valence-electron chi connectivity index (χ1n) is 7.37. The molecule has 1 N–H and O–H groups in total. The highest BCUT2D eigenvalue weighted by Gasteiger charge is 2.46. The van der Waals surface area contributed by atoms with Crippen molar-refractivity contribution in [2.75, 3.05) is 6.61 Å². The lowest BCUT2D eigenvalue weighted by Gasteiger charge is -2.11. The van der Waals surface area contributed by atoms with Gasteiger partial charge in [-0.3, -0.25) is 0 Å². The molecule has 2 aliphatic carbocycles. The van der Waals surface area contributed by atoms with Gasteiger partial charge < -0.3 is 5.11 Å². The standard InChI is InChI=1S/C17H18N2O/c20-11-17(7-8-17)16-18-9-6-15(19-16)14-5-4-12-2-1-3-13(12)10-14/h4-6,9-10,20H,1-3,7-8,11H2. The van der Waals surface area contributed by atoms with Crippen LogP contribution in [0, 0.1) is 0 Å². The van der Waals surface area contributed by atoms with Gasteiger partial charge >= 0.3 is 0 Å². The number of hydrogen-bond donors (Lipinski definition) is 1. The Morgan fingerprint density at radius 1 is 1.10 bits per heavy atom. The molecule has 3 nitrogen and oxygen atoms in total. The lowest BCUT2D eigenvalue weighted by molar-refractivity contribution is 0.250. The van der Waals surface area contributed by atoms with Crippen LogP contribution in [0.15, 0.2) is 30.5 Å². The predicted octanol–water partition coefficient (Wildman–Crippen LogP) is 2.66.